The zero-order chi connectivity index (χ0) is 13.9. The molecule has 1 aliphatic carbocycles. The van der Waals surface area contributed by atoms with Crippen LogP contribution >= 0.6 is 0 Å². The van der Waals surface area contributed by atoms with Crippen LogP contribution in [0.4, 0.5) is 0 Å². The number of aliphatic hydroxyl groups is 1. The fourth-order valence-corrected chi connectivity index (χ4v) is 2.60. The Bertz CT molecular complexity index is 466. The van der Waals surface area contributed by atoms with Crippen LogP contribution in [-0.4, -0.2) is 23.2 Å². The Morgan fingerprint density at radius 3 is 2.63 bits per heavy atom. The van der Waals surface area contributed by atoms with E-state index in [2.05, 4.69) is 11.4 Å². The first-order valence-electron chi connectivity index (χ1n) is 7.07. The molecule has 0 bridgehead atoms. The number of aryl methyl sites for hydroxylation is 2. The molecule has 0 spiro atoms. The summed E-state index contributed by atoms with van der Waals surface area (Å²) >= 11 is 0. The van der Waals surface area contributed by atoms with Gasteiger partial charge in [0.05, 0.1) is 0 Å². The molecule has 0 aromatic heterocycles. The van der Waals surface area contributed by atoms with Gasteiger partial charge in [0.25, 0.3) is 5.91 Å². The largest absolute Gasteiger partial charge is 0.396 e. The molecular weight excluding hydrogens is 238 g/mol. The van der Waals surface area contributed by atoms with E-state index in [9.17, 15) is 4.79 Å². The Hall–Kier alpha value is -1.35. The maximum Gasteiger partial charge on any atom is 0.251 e. The Balaban J connectivity index is 2.11. The standard InChI is InChI=1S/C16H23NO2/c1-16(2,9-10-18)17-15(19)14-8-7-12-5-3-4-6-13(12)11-14/h7-8,11,18H,3-6,9-10H2,1-2H3,(H,17,19). The number of hydrogen-bond donors (Lipinski definition) is 2. The van der Waals surface area contributed by atoms with E-state index in [4.69, 9.17) is 5.11 Å². The number of nitrogens with one attached hydrogen (secondary N) is 1. The second kappa shape index (κ2) is 5.74. The number of hydrogen-bond acceptors (Lipinski definition) is 2. The summed E-state index contributed by atoms with van der Waals surface area (Å²) in [5, 5.41) is 12.0. The van der Waals surface area contributed by atoms with Gasteiger partial charge in [-0.1, -0.05) is 6.07 Å². The summed E-state index contributed by atoms with van der Waals surface area (Å²) in [5.41, 5.74) is 3.06. The highest BCUT2D eigenvalue weighted by molar-refractivity contribution is 5.95. The molecule has 104 valence electrons. The van der Waals surface area contributed by atoms with Gasteiger partial charge in [0.1, 0.15) is 0 Å². The number of amides is 1. The second-order valence-electron chi connectivity index (χ2n) is 6.00. The minimum Gasteiger partial charge on any atom is -0.396 e. The number of carbonyl (C=O) groups is 1. The number of carbonyl (C=O) groups excluding carboxylic acids is 1. The third-order valence-corrected chi connectivity index (χ3v) is 3.80. The summed E-state index contributed by atoms with van der Waals surface area (Å²) in [6, 6.07) is 6.02. The average Bonchev–Trinajstić information content (AvgIpc) is 2.37. The van der Waals surface area contributed by atoms with Gasteiger partial charge in [0.15, 0.2) is 0 Å². The molecule has 1 aromatic rings. The lowest BCUT2D eigenvalue weighted by atomic mass is 9.90. The van der Waals surface area contributed by atoms with E-state index in [1.807, 2.05) is 26.0 Å². The zero-order valence-corrected chi connectivity index (χ0v) is 11.8. The molecule has 0 fully saturated rings. The molecule has 2 N–H and O–H groups in total. The van der Waals surface area contributed by atoms with E-state index in [1.165, 1.54) is 24.0 Å². The third kappa shape index (κ3) is 3.57. The van der Waals surface area contributed by atoms with Crippen molar-refractivity contribution in [2.75, 3.05) is 6.61 Å². The Morgan fingerprint density at radius 1 is 1.26 bits per heavy atom. The summed E-state index contributed by atoms with van der Waals surface area (Å²) in [6.45, 7) is 3.94. The van der Waals surface area contributed by atoms with Gasteiger partial charge in [-0.05, 0) is 69.2 Å². The Labute approximate surface area is 115 Å². The second-order valence-corrected chi connectivity index (χ2v) is 6.00. The first-order chi connectivity index (χ1) is 9.02. The maximum absolute atomic E-state index is 12.2. The monoisotopic (exact) mass is 261 g/mol. The van der Waals surface area contributed by atoms with E-state index in [-0.39, 0.29) is 18.1 Å². The van der Waals surface area contributed by atoms with E-state index in [0.29, 0.717) is 6.42 Å². The van der Waals surface area contributed by atoms with Gasteiger partial charge in [-0.15, -0.1) is 0 Å². The highest BCUT2D eigenvalue weighted by atomic mass is 16.3. The molecule has 1 aliphatic rings. The van der Waals surface area contributed by atoms with Crippen LogP contribution in [-0.2, 0) is 12.8 Å². The van der Waals surface area contributed by atoms with Gasteiger partial charge in [-0.2, -0.15) is 0 Å². The minimum atomic E-state index is -0.373. The molecule has 0 unspecified atom stereocenters. The molecule has 1 aromatic carbocycles. The molecule has 19 heavy (non-hydrogen) atoms. The molecule has 0 atom stereocenters. The van der Waals surface area contributed by atoms with Gasteiger partial charge in [0, 0.05) is 17.7 Å². The van der Waals surface area contributed by atoms with Gasteiger partial charge >= 0.3 is 0 Å². The first-order valence-corrected chi connectivity index (χ1v) is 7.07. The van der Waals surface area contributed by atoms with Crippen LogP contribution in [0.2, 0.25) is 0 Å². The predicted octanol–water partition coefficient (Wildman–Crippen LogP) is 2.46. The van der Waals surface area contributed by atoms with E-state index < -0.39 is 0 Å². The molecular formula is C16H23NO2. The number of aliphatic hydroxyl groups excluding tert-OH is 1. The molecule has 0 saturated carbocycles. The van der Waals surface area contributed by atoms with Gasteiger partial charge in [0.2, 0.25) is 0 Å². The molecule has 0 heterocycles. The quantitative estimate of drug-likeness (QED) is 0.874. The van der Waals surface area contributed by atoms with Gasteiger partial charge in [-0.3, -0.25) is 4.79 Å². The minimum absolute atomic E-state index is 0.0492. The molecule has 2 rings (SSSR count). The van der Waals surface area contributed by atoms with Gasteiger partial charge < -0.3 is 10.4 Å². The lowest BCUT2D eigenvalue weighted by Crippen LogP contribution is -2.44. The SMILES string of the molecule is CC(C)(CCO)NC(=O)c1ccc2c(c1)CCCC2. The number of fused-ring (bicyclic) bond motifs is 1. The molecule has 3 nitrogen and oxygen atoms in total. The van der Waals surface area contributed by atoms with Crippen LogP contribution < -0.4 is 5.32 Å². The molecule has 0 aliphatic heterocycles. The maximum atomic E-state index is 12.2. The first kappa shape index (κ1) is 14.1. The normalized spacial score (nSPS) is 14.9. The van der Waals surface area contributed by atoms with Gasteiger partial charge in [-0.25, -0.2) is 0 Å². The highest BCUT2D eigenvalue weighted by Crippen LogP contribution is 2.22. The van der Waals surface area contributed by atoms with Crippen LogP contribution in [0.5, 0.6) is 0 Å². The van der Waals surface area contributed by atoms with Crippen molar-refractivity contribution < 1.29 is 9.90 Å². The van der Waals surface area contributed by atoms with Crippen molar-refractivity contribution >= 4 is 5.91 Å². The van der Waals surface area contributed by atoms with Crippen molar-refractivity contribution in [3.05, 3.63) is 34.9 Å². The summed E-state index contributed by atoms with van der Waals surface area (Å²) in [5.74, 6) is -0.0492. The zero-order valence-electron chi connectivity index (χ0n) is 11.8. The molecule has 0 radical (unpaired) electrons. The number of benzene rings is 1. The summed E-state index contributed by atoms with van der Waals surface area (Å²) in [7, 11) is 0. The van der Waals surface area contributed by atoms with Crippen LogP contribution in [0.15, 0.2) is 18.2 Å². The molecule has 0 saturated heterocycles. The highest BCUT2D eigenvalue weighted by Gasteiger charge is 2.21. The fraction of sp³-hybridized carbons (Fsp3) is 0.562. The average molecular weight is 261 g/mol. The smallest absolute Gasteiger partial charge is 0.251 e. The number of rotatable bonds is 4. The van der Waals surface area contributed by atoms with Crippen molar-refractivity contribution in [1.29, 1.82) is 0 Å². The van der Waals surface area contributed by atoms with Crippen LogP contribution in [0.1, 0.15) is 54.6 Å². The van der Waals surface area contributed by atoms with Crippen molar-refractivity contribution in [1.82, 2.24) is 5.32 Å². The summed E-state index contributed by atoms with van der Waals surface area (Å²) in [4.78, 5) is 12.2. The van der Waals surface area contributed by atoms with E-state index >= 15 is 0 Å². The van der Waals surface area contributed by atoms with Crippen molar-refractivity contribution in [2.45, 2.75) is 51.5 Å². The molecule has 1 amide bonds. The van der Waals surface area contributed by atoms with Crippen LogP contribution in [0.25, 0.3) is 0 Å². The lowest BCUT2D eigenvalue weighted by Gasteiger charge is -2.26. The third-order valence-electron chi connectivity index (χ3n) is 3.80. The lowest BCUT2D eigenvalue weighted by molar-refractivity contribution is 0.0899. The topological polar surface area (TPSA) is 49.3 Å². The molecule has 3 heteroatoms. The Morgan fingerprint density at radius 2 is 1.95 bits per heavy atom. The van der Waals surface area contributed by atoms with Crippen molar-refractivity contribution in [3.8, 4) is 0 Å². The van der Waals surface area contributed by atoms with Crippen molar-refractivity contribution in [2.24, 2.45) is 0 Å². The van der Waals surface area contributed by atoms with Crippen LogP contribution in [0.3, 0.4) is 0 Å². The van der Waals surface area contributed by atoms with Crippen molar-refractivity contribution in [3.63, 3.8) is 0 Å². The van der Waals surface area contributed by atoms with E-state index in [1.54, 1.807) is 0 Å². The van der Waals surface area contributed by atoms with E-state index in [0.717, 1.165) is 18.4 Å². The summed E-state index contributed by atoms with van der Waals surface area (Å²) in [6.07, 6.45) is 5.24. The fourth-order valence-electron chi connectivity index (χ4n) is 2.60. The summed E-state index contributed by atoms with van der Waals surface area (Å²) < 4.78 is 0. The Kier molecular flexibility index (Phi) is 4.25. The predicted molar refractivity (Wildman–Crippen MR) is 76.3 cm³/mol. The van der Waals surface area contributed by atoms with Crippen LogP contribution in [0, 0.1) is 0 Å².